The fourth-order valence-electron chi connectivity index (χ4n) is 4.44. The molecule has 3 rings (SSSR count). The second kappa shape index (κ2) is 8.88. The van der Waals surface area contributed by atoms with E-state index in [4.69, 9.17) is 9.47 Å². The van der Waals surface area contributed by atoms with Crippen molar-refractivity contribution in [1.29, 1.82) is 0 Å². The highest BCUT2D eigenvalue weighted by atomic mass is 16.5. The Bertz CT molecular complexity index is 546. The molecule has 25 heavy (non-hydrogen) atoms. The lowest BCUT2D eigenvalue weighted by Crippen LogP contribution is -2.55. The number of ether oxygens (including phenoxy) is 2. The maximum atomic E-state index is 9.51. The number of hydrogen-bond acceptors (Lipinski definition) is 5. The molecule has 0 unspecified atom stereocenters. The lowest BCUT2D eigenvalue weighted by Gasteiger charge is -2.44. The SMILES string of the molecule is COc1ccc(CN2CCN(C3CCCC3)[C@H](CCO)C2)cc1OC. The molecule has 2 aliphatic rings. The number of methoxy groups -OCH3 is 2. The van der Waals surface area contributed by atoms with Gasteiger partial charge in [0.1, 0.15) is 0 Å². The van der Waals surface area contributed by atoms with Crippen LogP contribution in [0.5, 0.6) is 11.5 Å². The lowest BCUT2D eigenvalue weighted by atomic mass is 10.0. The molecule has 1 aliphatic heterocycles. The Labute approximate surface area is 151 Å². The van der Waals surface area contributed by atoms with E-state index in [1.807, 2.05) is 6.07 Å². The van der Waals surface area contributed by atoms with E-state index in [0.29, 0.717) is 6.04 Å². The van der Waals surface area contributed by atoms with E-state index in [1.165, 1.54) is 31.2 Å². The number of aliphatic hydroxyl groups excluding tert-OH is 1. The molecule has 1 aromatic rings. The molecular formula is C20H32N2O3. The van der Waals surface area contributed by atoms with Crippen molar-refractivity contribution in [1.82, 2.24) is 9.80 Å². The second-order valence-electron chi connectivity index (χ2n) is 7.27. The van der Waals surface area contributed by atoms with Gasteiger partial charge in [-0.05, 0) is 37.0 Å². The highest BCUT2D eigenvalue weighted by Crippen LogP contribution is 2.30. The standard InChI is InChI=1S/C20H32N2O3/c1-24-19-8-7-16(13-20(19)25-2)14-21-10-11-22(17-5-3-4-6-17)18(15-21)9-12-23/h7-8,13,17-18,23H,3-6,9-12,14-15H2,1-2H3/t18-/m1/s1. The first-order chi connectivity index (χ1) is 12.2. The minimum absolute atomic E-state index is 0.276. The molecule has 1 heterocycles. The van der Waals surface area contributed by atoms with Gasteiger partial charge in [-0.3, -0.25) is 9.80 Å². The van der Waals surface area contributed by atoms with Crippen molar-refractivity contribution < 1.29 is 14.6 Å². The topological polar surface area (TPSA) is 45.2 Å². The van der Waals surface area contributed by atoms with Gasteiger partial charge in [-0.25, -0.2) is 0 Å². The Kier molecular flexibility index (Phi) is 6.57. The summed E-state index contributed by atoms with van der Waals surface area (Å²) in [5.41, 5.74) is 1.25. The zero-order valence-electron chi connectivity index (χ0n) is 15.6. The Balaban J connectivity index is 1.64. The van der Waals surface area contributed by atoms with Gasteiger partial charge in [-0.1, -0.05) is 18.9 Å². The van der Waals surface area contributed by atoms with Gasteiger partial charge in [0.15, 0.2) is 11.5 Å². The van der Waals surface area contributed by atoms with E-state index >= 15 is 0 Å². The summed E-state index contributed by atoms with van der Waals surface area (Å²) < 4.78 is 10.8. The van der Waals surface area contributed by atoms with Crippen molar-refractivity contribution in [3.8, 4) is 11.5 Å². The summed E-state index contributed by atoms with van der Waals surface area (Å²) in [5.74, 6) is 1.56. The van der Waals surface area contributed by atoms with E-state index in [-0.39, 0.29) is 6.61 Å². The van der Waals surface area contributed by atoms with Gasteiger partial charge in [-0.2, -0.15) is 0 Å². The van der Waals surface area contributed by atoms with Crippen LogP contribution in [-0.4, -0.2) is 67.5 Å². The van der Waals surface area contributed by atoms with Crippen LogP contribution >= 0.6 is 0 Å². The molecule has 0 aromatic heterocycles. The van der Waals surface area contributed by atoms with Crippen LogP contribution in [0, 0.1) is 0 Å². The third kappa shape index (κ3) is 4.46. The van der Waals surface area contributed by atoms with E-state index in [9.17, 15) is 5.11 Å². The first-order valence-corrected chi connectivity index (χ1v) is 9.55. The summed E-state index contributed by atoms with van der Waals surface area (Å²) >= 11 is 0. The third-order valence-electron chi connectivity index (χ3n) is 5.72. The Morgan fingerprint density at radius 1 is 1.08 bits per heavy atom. The fraction of sp³-hybridized carbons (Fsp3) is 0.700. The smallest absolute Gasteiger partial charge is 0.161 e. The highest BCUT2D eigenvalue weighted by molar-refractivity contribution is 5.42. The molecule has 5 heteroatoms. The molecule has 1 aromatic carbocycles. The van der Waals surface area contributed by atoms with Gasteiger partial charge in [0.25, 0.3) is 0 Å². The molecule has 1 aliphatic carbocycles. The first kappa shape index (κ1) is 18.5. The third-order valence-corrected chi connectivity index (χ3v) is 5.72. The van der Waals surface area contributed by atoms with Gasteiger partial charge in [0.05, 0.1) is 14.2 Å². The van der Waals surface area contributed by atoms with Crippen molar-refractivity contribution in [2.24, 2.45) is 0 Å². The second-order valence-corrected chi connectivity index (χ2v) is 7.27. The number of benzene rings is 1. The van der Waals surface area contributed by atoms with E-state index in [0.717, 1.165) is 50.1 Å². The van der Waals surface area contributed by atoms with Crippen molar-refractivity contribution in [2.45, 2.75) is 50.7 Å². The molecule has 1 saturated carbocycles. The number of nitrogens with zero attached hydrogens (tertiary/aromatic N) is 2. The molecule has 0 bridgehead atoms. The largest absolute Gasteiger partial charge is 0.493 e. The van der Waals surface area contributed by atoms with Crippen molar-refractivity contribution >= 4 is 0 Å². The molecule has 1 N–H and O–H groups in total. The zero-order chi connectivity index (χ0) is 17.6. The minimum atomic E-state index is 0.276. The Morgan fingerprint density at radius 2 is 1.84 bits per heavy atom. The van der Waals surface area contributed by atoms with Gasteiger partial charge in [0, 0.05) is 44.9 Å². The maximum Gasteiger partial charge on any atom is 0.161 e. The zero-order valence-corrected chi connectivity index (χ0v) is 15.6. The van der Waals surface area contributed by atoms with Gasteiger partial charge in [0.2, 0.25) is 0 Å². The van der Waals surface area contributed by atoms with Gasteiger partial charge in [-0.15, -0.1) is 0 Å². The van der Waals surface area contributed by atoms with E-state index < -0.39 is 0 Å². The molecule has 1 atom stereocenters. The van der Waals surface area contributed by atoms with Crippen LogP contribution < -0.4 is 9.47 Å². The number of aliphatic hydroxyl groups is 1. The van der Waals surface area contributed by atoms with Crippen LogP contribution in [0.1, 0.15) is 37.7 Å². The minimum Gasteiger partial charge on any atom is -0.493 e. The number of hydrogen-bond donors (Lipinski definition) is 1. The molecular weight excluding hydrogens is 316 g/mol. The van der Waals surface area contributed by atoms with Crippen LogP contribution in [0.25, 0.3) is 0 Å². The summed E-state index contributed by atoms with van der Waals surface area (Å²) in [6, 6.07) is 7.38. The highest BCUT2D eigenvalue weighted by Gasteiger charge is 2.32. The molecule has 0 spiro atoms. The molecule has 5 nitrogen and oxygen atoms in total. The van der Waals surface area contributed by atoms with Crippen LogP contribution in [0.15, 0.2) is 18.2 Å². The van der Waals surface area contributed by atoms with Crippen LogP contribution in [0.4, 0.5) is 0 Å². The quantitative estimate of drug-likeness (QED) is 0.820. The molecule has 1 saturated heterocycles. The first-order valence-electron chi connectivity index (χ1n) is 9.55. The molecule has 2 fully saturated rings. The summed E-state index contributed by atoms with van der Waals surface area (Å²) in [6.07, 6.45) is 6.26. The van der Waals surface area contributed by atoms with Gasteiger partial charge >= 0.3 is 0 Å². The predicted molar refractivity (Wildman–Crippen MR) is 99.3 cm³/mol. The lowest BCUT2D eigenvalue weighted by molar-refractivity contribution is 0.0267. The Hall–Kier alpha value is -1.30. The average Bonchev–Trinajstić information content (AvgIpc) is 3.16. The normalized spacial score (nSPS) is 23.1. The summed E-state index contributed by atoms with van der Waals surface area (Å²) in [6.45, 7) is 4.43. The van der Waals surface area contributed by atoms with Crippen molar-refractivity contribution in [3.05, 3.63) is 23.8 Å². The molecule has 140 valence electrons. The molecule has 0 radical (unpaired) electrons. The van der Waals surface area contributed by atoms with Crippen LogP contribution in [0.3, 0.4) is 0 Å². The summed E-state index contributed by atoms with van der Waals surface area (Å²) in [5, 5.41) is 9.51. The van der Waals surface area contributed by atoms with Crippen LogP contribution in [-0.2, 0) is 6.54 Å². The maximum absolute atomic E-state index is 9.51. The van der Waals surface area contributed by atoms with E-state index in [2.05, 4.69) is 21.9 Å². The monoisotopic (exact) mass is 348 g/mol. The van der Waals surface area contributed by atoms with Crippen molar-refractivity contribution in [2.75, 3.05) is 40.5 Å². The summed E-state index contributed by atoms with van der Waals surface area (Å²) in [7, 11) is 3.35. The average molecular weight is 348 g/mol. The molecule has 0 amide bonds. The fourth-order valence-corrected chi connectivity index (χ4v) is 4.44. The summed E-state index contributed by atoms with van der Waals surface area (Å²) in [4.78, 5) is 5.18. The van der Waals surface area contributed by atoms with Gasteiger partial charge < -0.3 is 14.6 Å². The number of piperazine rings is 1. The van der Waals surface area contributed by atoms with E-state index in [1.54, 1.807) is 14.2 Å². The number of rotatable bonds is 7. The Morgan fingerprint density at radius 3 is 2.52 bits per heavy atom. The predicted octanol–water partition coefficient (Wildman–Crippen LogP) is 2.52. The van der Waals surface area contributed by atoms with Crippen LogP contribution in [0.2, 0.25) is 0 Å². The van der Waals surface area contributed by atoms with Crippen molar-refractivity contribution in [3.63, 3.8) is 0 Å².